The Kier molecular flexibility index (Phi) is 4.41. The van der Waals surface area contributed by atoms with E-state index in [-0.39, 0.29) is 6.04 Å². The topological polar surface area (TPSA) is 29.3 Å². The van der Waals surface area contributed by atoms with Crippen LogP contribution in [0.1, 0.15) is 50.8 Å². The third kappa shape index (κ3) is 2.60. The van der Waals surface area contributed by atoms with Crippen molar-refractivity contribution in [1.82, 2.24) is 4.90 Å². The highest BCUT2D eigenvalue weighted by Gasteiger charge is 2.29. The van der Waals surface area contributed by atoms with Crippen molar-refractivity contribution in [3.63, 3.8) is 0 Å². The van der Waals surface area contributed by atoms with E-state index in [1.165, 1.54) is 30.4 Å². The summed E-state index contributed by atoms with van der Waals surface area (Å²) in [6.45, 7) is 7.86. The van der Waals surface area contributed by atoms with E-state index < -0.39 is 0 Å². The van der Waals surface area contributed by atoms with Gasteiger partial charge in [0.2, 0.25) is 0 Å². The van der Waals surface area contributed by atoms with Crippen LogP contribution in [0.25, 0.3) is 0 Å². The lowest BCUT2D eigenvalue weighted by atomic mass is 9.95. The molecule has 1 aliphatic carbocycles. The van der Waals surface area contributed by atoms with Crippen molar-refractivity contribution in [2.45, 2.75) is 58.2 Å². The van der Waals surface area contributed by atoms with E-state index in [2.05, 4.69) is 49.9 Å². The maximum absolute atomic E-state index is 6.56. The number of likely N-dealkylation sites (N-methyl/N-ethyl adjacent to an activating group) is 1. The molecule has 2 unspecified atom stereocenters. The maximum Gasteiger partial charge on any atom is 0.0455 e. The molecule has 0 aromatic heterocycles. The Morgan fingerprint density at radius 3 is 2.72 bits per heavy atom. The molecule has 1 aliphatic rings. The second-order valence-electron chi connectivity index (χ2n) is 5.61. The smallest absolute Gasteiger partial charge is 0.0455 e. The minimum Gasteiger partial charge on any atom is -0.323 e. The van der Waals surface area contributed by atoms with E-state index in [0.717, 1.165) is 6.54 Å². The Morgan fingerprint density at radius 1 is 1.33 bits per heavy atom. The lowest BCUT2D eigenvalue weighted by molar-refractivity contribution is 0.132. The molecule has 2 heteroatoms. The van der Waals surface area contributed by atoms with E-state index in [9.17, 15) is 0 Å². The number of aryl methyl sites for hydroxylation is 1. The maximum atomic E-state index is 6.56. The quantitative estimate of drug-likeness (QED) is 0.830. The minimum absolute atomic E-state index is 0.158. The van der Waals surface area contributed by atoms with Gasteiger partial charge in [0.05, 0.1) is 0 Å². The summed E-state index contributed by atoms with van der Waals surface area (Å²) in [6.07, 6.45) is 3.64. The third-order valence-corrected chi connectivity index (χ3v) is 4.23. The fourth-order valence-corrected chi connectivity index (χ4v) is 3.33. The van der Waals surface area contributed by atoms with E-state index in [0.29, 0.717) is 12.1 Å². The molecular formula is C16H26N2. The molecule has 0 saturated heterocycles. The van der Waals surface area contributed by atoms with Gasteiger partial charge in [-0.1, -0.05) is 31.2 Å². The van der Waals surface area contributed by atoms with Crippen molar-refractivity contribution < 1.29 is 0 Å². The molecule has 18 heavy (non-hydrogen) atoms. The molecule has 2 atom stereocenters. The number of rotatable bonds is 3. The summed E-state index contributed by atoms with van der Waals surface area (Å²) in [7, 11) is 0. The van der Waals surface area contributed by atoms with Crippen LogP contribution in [0.3, 0.4) is 0 Å². The summed E-state index contributed by atoms with van der Waals surface area (Å²) >= 11 is 0. The Morgan fingerprint density at radius 2 is 2.06 bits per heavy atom. The number of fused-ring (bicyclic) bond motifs is 1. The summed E-state index contributed by atoms with van der Waals surface area (Å²) < 4.78 is 0. The van der Waals surface area contributed by atoms with Gasteiger partial charge in [-0.25, -0.2) is 0 Å². The first-order valence-corrected chi connectivity index (χ1v) is 7.24. The van der Waals surface area contributed by atoms with E-state index in [1.54, 1.807) is 0 Å². The Bertz CT molecular complexity index is 386. The molecule has 1 aromatic rings. The predicted molar refractivity (Wildman–Crippen MR) is 77.6 cm³/mol. The molecule has 0 spiro atoms. The van der Waals surface area contributed by atoms with Crippen LogP contribution in [-0.4, -0.2) is 23.5 Å². The molecule has 0 radical (unpaired) electrons. The Labute approximate surface area is 111 Å². The van der Waals surface area contributed by atoms with Crippen molar-refractivity contribution >= 4 is 0 Å². The SMILES string of the molecule is CCN(C(C)C)C1CCCc2ccccc2C1N. The fourth-order valence-electron chi connectivity index (χ4n) is 3.33. The predicted octanol–water partition coefficient (Wildman–Crippen LogP) is 3.12. The molecule has 2 rings (SSSR count). The summed E-state index contributed by atoms with van der Waals surface area (Å²) in [6, 6.07) is 9.91. The second kappa shape index (κ2) is 5.85. The zero-order valence-corrected chi connectivity index (χ0v) is 11.9. The average molecular weight is 246 g/mol. The highest BCUT2D eigenvalue weighted by atomic mass is 15.2. The minimum atomic E-state index is 0.158. The summed E-state index contributed by atoms with van der Waals surface area (Å²) in [5, 5.41) is 0. The molecule has 0 fully saturated rings. The van der Waals surface area contributed by atoms with E-state index in [1.807, 2.05) is 0 Å². The molecule has 0 aliphatic heterocycles. The Balaban J connectivity index is 2.29. The Hall–Kier alpha value is -0.860. The van der Waals surface area contributed by atoms with Gasteiger partial charge in [0.1, 0.15) is 0 Å². The van der Waals surface area contributed by atoms with Crippen molar-refractivity contribution in [3.8, 4) is 0 Å². The monoisotopic (exact) mass is 246 g/mol. The van der Waals surface area contributed by atoms with Crippen molar-refractivity contribution in [1.29, 1.82) is 0 Å². The average Bonchev–Trinajstić information content (AvgIpc) is 2.51. The van der Waals surface area contributed by atoms with Crippen LogP contribution in [0, 0.1) is 0 Å². The van der Waals surface area contributed by atoms with Crippen LogP contribution in [0.5, 0.6) is 0 Å². The van der Waals surface area contributed by atoms with Gasteiger partial charge in [-0.3, -0.25) is 4.90 Å². The zero-order chi connectivity index (χ0) is 13.1. The van der Waals surface area contributed by atoms with Crippen LogP contribution in [0.4, 0.5) is 0 Å². The van der Waals surface area contributed by atoms with Crippen molar-refractivity contribution in [2.24, 2.45) is 5.73 Å². The summed E-state index contributed by atoms with van der Waals surface area (Å²) in [4.78, 5) is 2.55. The molecule has 0 saturated carbocycles. The van der Waals surface area contributed by atoms with Crippen LogP contribution >= 0.6 is 0 Å². The van der Waals surface area contributed by atoms with Crippen LogP contribution in [0.15, 0.2) is 24.3 Å². The first-order valence-electron chi connectivity index (χ1n) is 7.24. The molecule has 0 bridgehead atoms. The lowest BCUT2D eigenvalue weighted by Crippen LogP contribution is -2.46. The first kappa shape index (κ1) is 13.6. The van der Waals surface area contributed by atoms with Gasteiger partial charge < -0.3 is 5.73 Å². The number of hydrogen-bond donors (Lipinski definition) is 1. The second-order valence-corrected chi connectivity index (χ2v) is 5.61. The van der Waals surface area contributed by atoms with Gasteiger partial charge in [0.25, 0.3) is 0 Å². The zero-order valence-electron chi connectivity index (χ0n) is 11.9. The van der Waals surface area contributed by atoms with Gasteiger partial charge in [0.15, 0.2) is 0 Å². The normalized spacial score (nSPS) is 24.1. The largest absolute Gasteiger partial charge is 0.323 e. The molecule has 2 nitrogen and oxygen atoms in total. The van der Waals surface area contributed by atoms with E-state index >= 15 is 0 Å². The van der Waals surface area contributed by atoms with E-state index in [4.69, 9.17) is 5.73 Å². The van der Waals surface area contributed by atoms with Gasteiger partial charge in [-0.05, 0) is 50.8 Å². The van der Waals surface area contributed by atoms with Gasteiger partial charge >= 0.3 is 0 Å². The van der Waals surface area contributed by atoms with Gasteiger partial charge in [-0.15, -0.1) is 0 Å². The van der Waals surface area contributed by atoms with Crippen LogP contribution in [-0.2, 0) is 6.42 Å². The molecule has 2 N–H and O–H groups in total. The molecule has 1 aromatic carbocycles. The highest BCUT2D eigenvalue weighted by Crippen LogP contribution is 2.31. The number of benzene rings is 1. The molecule has 0 heterocycles. The van der Waals surface area contributed by atoms with Crippen LogP contribution in [0.2, 0.25) is 0 Å². The first-order chi connectivity index (χ1) is 8.65. The summed E-state index contributed by atoms with van der Waals surface area (Å²) in [5.74, 6) is 0. The number of hydrogen-bond acceptors (Lipinski definition) is 2. The summed E-state index contributed by atoms with van der Waals surface area (Å²) in [5.41, 5.74) is 9.37. The number of nitrogens with zero attached hydrogens (tertiary/aromatic N) is 1. The fraction of sp³-hybridized carbons (Fsp3) is 0.625. The number of nitrogens with two attached hydrogens (primary N) is 1. The van der Waals surface area contributed by atoms with Crippen molar-refractivity contribution in [3.05, 3.63) is 35.4 Å². The third-order valence-electron chi connectivity index (χ3n) is 4.23. The van der Waals surface area contributed by atoms with Crippen molar-refractivity contribution in [2.75, 3.05) is 6.54 Å². The molecule has 100 valence electrons. The highest BCUT2D eigenvalue weighted by molar-refractivity contribution is 5.32. The molecule has 0 amide bonds. The van der Waals surface area contributed by atoms with Gasteiger partial charge in [-0.2, -0.15) is 0 Å². The standard InChI is InChI=1S/C16H26N2/c1-4-18(12(2)3)15-11-7-9-13-8-5-6-10-14(13)16(15)17/h5-6,8,10,12,15-16H,4,7,9,11,17H2,1-3H3. The lowest BCUT2D eigenvalue weighted by Gasteiger charge is -2.37. The van der Waals surface area contributed by atoms with Crippen LogP contribution < -0.4 is 5.73 Å². The van der Waals surface area contributed by atoms with Gasteiger partial charge in [0, 0.05) is 18.1 Å². The molecular weight excluding hydrogens is 220 g/mol.